The molecule has 1 aromatic heterocycles. The highest BCUT2D eigenvalue weighted by Gasteiger charge is 1.93. The van der Waals surface area contributed by atoms with Crippen LogP contribution in [0.1, 0.15) is 27.4 Å². The summed E-state index contributed by atoms with van der Waals surface area (Å²) in [5, 5.41) is 0. The number of benzene rings is 1. The maximum absolute atomic E-state index is 10.4. The van der Waals surface area contributed by atoms with Gasteiger partial charge in [-0.2, -0.15) is 0 Å². The number of hydrogen-bond acceptors (Lipinski definition) is 2. The summed E-state index contributed by atoms with van der Waals surface area (Å²) in [7, 11) is 0. The average Bonchev–Trinajstić information content (AvgIpc) is 2.73. The van der Waals surface area contributed by atoms with Crippen LogP contribution in [-0.2, 0) is 0 Å². The molecule has 0 N–H and O–H groups in total. The third kappa shape index (κ3) is 2.40. The standard InChI is InChI=1S/C14H10O2/c1-11-2-8-14(16-11)9-7-12-3-5-13(10-15)6-4-12/h2-6,8,10H,1H3. The van der Waals surface area contributed by atoms with E-state index in [0.717, 1.165) is 17.6 Å². The molecule has 1 aromatic carbocycles. The lowest BCUT2D eigenvalue weighted by atomic mass is 10.1. The fourth-order valence-corrected chi connectivity index (χ4v) is 1.28. The number of rotatable bonds is 1. The maximum Gasteiger partial charge on any atom is 0.177 e. The molecule has 1 heterocycles. The van der Waals surface area contributed by atoms with Gasteiger partial charge in [0.1, 0.15) is 12.0 Å². The summed E-state index contributed by atoms with van der Waals surface area (Å²) in [6.07, 6.45) is 0.813. The van der Waals surface area contributed by atoms with Gasteiger partial charge in [0.25, 0.3) is 0 Å². The molecule has 2 rings (SSSR count). The largest absolute Gasteiger partial charge is 0.453 e. The van der Waals surface area contributed by atoms with Crippen molar-refractivity contribution in [3.8, 4) is 11.8 Å². The third-order valence-corrected chi connectivity index (χ3v) is 2.12. The Labute approximate surface area is 93.9 Å². The summed E-state index contributed by atoms with van der Waals surface area (Å²) in [5.74, 6) is 7.38. The van der Waals surface area contributed by atoms with Crippen molar-refractivity contribution < 1.29 is 9.21 Å². The number of furan rings is 1. The SMILES string of the molecule is Cc1ccc(C#Cc2ccc(C=O)cc2)o1. The van der Waals surface area contributed by atoms with Crippen molar-refractivity contribution in [1.82, 2.24) is 0 Å². The van der Waals surface area contributed by atoms with Crippen LogP contribution in [0.3, 0.4) is 0 Å². The van der Waals surface area contributed by atoms with E-state index < -0.39 is 0 Å². The molecule has 0 saturated heterocycles. The van der Waals surface area contributed by atoms with Crippen molar-refractivity contribution in [2.24, 2.45) is 0 Å². The maximum atomic E-state index is 10.4. The summed E-state index contributed by atoms with van der Waals surface area (Å²) in [6.45, 7) is 1.88. The van der Waals surface area contributed by atoms with E-state index in [-0.39, 0.29) is 0 Å². The van der Waals surface area contributed by atoms with E-state index in [1.807, 2.05) is 31.2 Å². The Bertz CT molecular complexity index is 550. The molecule has 2 aromatic rings. The second-order valence-corrected chi connectivity index (χ2v) is 3.40. The first kappa shape index (κ1) is 10.3. The van der Waals surface area contributed by atoms with Crippen molar-refractivity contribution >= 4 is 6.29 Å². The number of aldehydes is 1. The zero-order valence-corrected chi connectivity index (χ0v) is 8.86. The van der Waals surface area contributed by atoms with Gasteiger partial charge in [-0.3, -0.25) is 4.79 Å². The van der Waals surface area contributed by atoms with Gasteiger partial charge in [-0.1, -0.05) is 18.1 Å². The van der Waals surface area contributed by atoms with Gasteiger partial charge in [0.05, 0.1) is 0 Å². The fraction of sp³-hybridized carbons (Fsp3) is 0.0714. The molecular weight excluding hydrogens is 200 g/mol. The molecule has 0 aliphatic carbocycles. The van der Waals surface area contributed by atoms with E-state index in [9.17, 15) is 4.79 Å². The lowest BCUT2D eigenvalue weighted by Gasteiger charge is -1.90. The van der Waals surface area contributed by atoms with Crippen molar-refractivity contribution in [3.05, 3.63) is 59.0 Å². The highest BCUT2D eigenvalue weighted by molar-refractivity contribution is 5.74. The van der Waals surface area contributed by atoms with E-state index in [4.69, 9.17) is 4.42 Å². The van der Waals surface area contributed by atoms with E-state index in [1.54, 1.807) is 12.1 Å². The van der Waals surface area contributed by atoms with Gasteiger partial charge in [-0.15, -0.1) is 0 Å². The number of hydrogen-bond donors (Lipinski definition) is 0. The van der Waals surface area contributed by atoms with Crippen molar-refractivity contribution in [2.45, 2.75) is 6.92 Å². The first-order chi connectivity index (χ1) is 7.78. The van der Waals surface area contributed by atoms with Crippen LogP contribution in [0.15, 0.2) is 40.8 Å². The number of carbonyl (C=O) groups excluding carboxylic acids is 1. The van der Waals surface area contributed by atoms with Crippen molar-refractivity contribution in [2.75, 3.05) is 0 Å². The highest BCUT2D eigenvalue weighted by Crippen LogP contribution is 2.05. The van der Waals surface area contributed by atoms with Crippen LogP contribution in [-0.4, -0.2) is 6.29 Å². The second-order valence-electron chi connectivity index (χ2n) is 3.40. The Kier molecular flexibility index (Phi) is 2.88. The molecule has 0 radical (unpaired) electrons. The molecule has 0 atom stereocenters. The van der Waals surface area contributed by atoms with Gasteiger partial charge in [-0.25, -0.2) is 0 Å². The summed E-state index contributed by atoms with van der Waals surface area (Å²) in [4.78, 5) is 10.4. The highest BCUT2D eigenvalue weighted by atomic mass is 16.3. The van der Waals surface area contributed by atoms with E-state index in [0.29, 0.717) is 11.3 Å². The number of aryl methyl sites for hydroxylation is 1. The van der Waals surface area contributed by atoms with Gasteiger partial charge in [0.2, 0.25) is 0 Å². The Balaban J connectivity index is 2.20. The van der Waals surface area contributed by atoms with Crippen LogP contribution in [0.4, 0.5) is 0 Å². The predicted molar refractivity (Wildman–Crippen MR) is 61.3 cm³/mol. The van der Waals surface area contributed by atoms with Gasteiger partial charge in [-0.05, 0) is 37.1 Å². The Morgan fingerprint density at radius 3 is 2.38 bits per heavy atom. The Morgan fingerprint density at radius 1 is 1.06 bits per heavy atom. The molecule has 0 unspecified atom stereocenters. The van der Waals surface area contributed by atoms with Crippen molar-refractivity contribution in [3.63, 3.8) is 0 Å². The van der Waals surface area contributed by atoms with Crippen LogP contribution in [0, 0.1) is 18.8 Å². The molecule has 16 heavy (non-hydrogen) atoms. The van der Waals surface area contributed by atoms with Crippen LogP contribution in [0.2, 0.25) is 0 Å². The molecule has 0 aliphatic rings. The molecular formula is C14H10O2. The third-order valence-electron chi connectivity index (χ3n) is 2.12. The van der Waals surface area contributed by atoms with E-state index in [2.05, 4.69) is 11.8 Å². The first-order valence-corrected chi connectivity index (χ1v) is 4.91. The molecule has 2 nitrogen and oxygen atoms in total. The Hall–Kier alpha value is -2.27. The first-order valence-electron chi connectivity index (χ1n) is 4.91. The second kappa shape index (κ2) is 4.50. The molecule has 78 valence electrons. The molecule has 0 fully saturated rings. The topological polar surface area (TPSA) is 30.2 Å². The smallest absolute Gasteiger partial charge is 0.177 e. The van der Waals surface area contributed by atoms with Crippen LogP contribution in [0.5, 0.6) is 0 Å². The van der Waals surface area contributed by atoms with Crippen LogP contribution in [0.25, 0.3) is 0 Å². The minimum atomic E-state index is 0.650. The minimum Gasteiger partial charge on any atom is -0.453 e. The quantitative estimate of drug-likeness (QED) is 0.535. The Morgan fingerprint density at radius 2 is 1.81 bits per heavy atom. The summed E-state index contributed by atoms with van der Waals surface area (Å²) >= 11 is 0. The van der Waals surface area contributed by atoms with Crippen molar-refractivity contribution in [1.29, 1.82) is 0 Å². The van der Waals surface area contributed by atoms with E-state index >= 15 is 0 Å². The van der Waals surface area contributed by atoms with Gasteiger partial charge >= 0.3 is 0 Å². The zero-order valence-electron chi connectivity index (χ0n) is 8.86. The molecule has 2 heteroatoms. The zero-order chi connectivity index (χ0) is 11.4. The number of carbonyl (C=O) groups is 1. The summed E-state index contributed by atoms with van der Waals surface area (Å²) in [6, 6.07) is 10.8. The monoisotopic (exact) mass is 210 g/mol. The molecule has 0 aliphatic heterocycles. The lowest BCUT2D eigenvalue weighted by molar-refractivity contribution is 0.112. The summed E-state index contributed by atoms with van der Waals surface area (Å²) < 4.78 is 5.32. The van der Waals surface area contributed by atoms with Crippen LogP contribution >= 0.6 is 0 Å². The fourth-order valence-electron chi connectivity index (χ4n) is 1.28. The van der Waals surface area contributed by atoms with Crippen LogP contribution < -0.4 is 0 Å². The van der Waals surface area contributed by atoms with E-state index in [1.165, 1.54) is 0 Å². The average molecular weight is 210 g/mol. The minimum absolute atomic E-state index is 0.650. The molecule has 0 spiro atoms. The van der Waals surface area contributed by atoms with Gasteiger partial charge in [0.15, 0.2) is 5.76 Å². The molecule has 0 bridgehead atoms. The molecule has 0 amide bonds. The summed E-state index contributed by atoms with van der Waals surface area (Å²) in [5.41, 5.74) is 1.51. The normalized spacial score (nSPS) is 9.31. The van der Waals surface area contributed by atoms with Gasteiger partial charge in [0, 0.05) is 11.1 Å². The van der Waals surface area contributed by atoms with Gasteiger partial charge < -0.3 is 4.42 Å². The predicted octanol–water partition coefficient (Wildman–Crippen LogP) is 2.80. The molecule has 0 saturated carbocycles. The lowest BCUT2D eigenvalue weighted by Crippen LogP contribution is -1.79.